The van der Waals surface area contributed by atoms with Crippen molar-refractivity contribution < 1.29 is 4.21 Å². The molecule has 0 bridgehead atoms. The van der Waals surface area contributed by atoms with Gasteiger partial charge in [-0.05, 0) is 37.7 Å². The van der Waals surface area contributed by atoms with Crippen molar-refractivity contribution in [1.82, 2.24) is 10.6 Å². The first-order chi connectivity index (χ1) is 12.0. The van der Waals surface area contributed by atoms with Crippen molar-refractivity contribution >= 4 is 40.7 Å². The Labute approximate surface area is 178 Å². The molecule has 2 N–H and O–H groups in total. The number of nitrogens with zero attached hydrogens (tertiary/aromatic N) is 1. The van der Waals surface area contributed by atoms with Crippen LogP contribution in [-0.2, 0) is 10.8 Å². The van der Waals surface area contributed by atoms with Gasteiger partial charge in [-0.3, -0.25) is 9.20 Å². The van der Waals surface area contributed by atoms with Crippen molar-refractivity contribution in [1.29, 1.82) is 0 Å². The van der Waals surface area contributed by atoms with Gasteiger partial charge in [-0.15, -0.1) is 24.0 Å². The molecule has 26 heavy (non-hydrogen) atoms. The lowest BCUT2D eigenvalue weighted by Gasteiger charge is -2.30. The molecule has 6 heteroatoms. The summed E-state index contributed by atoms with van der Waals surface area (Å²) in [5, 5.41) is 7.33. The Kier molecular flexibility index (Phi) is 10.8. The van der Waals surface area contributed by atoms with Crippen LogP contribution in [0.1, 0.15) is 56.6 Å². The van der Waals surface area contributed by atoms with E-state index in [4.69, 9.17) is 0 Å². The number of halogens is 1. The zero-order chi connectivity index (χ0) is 18.2. The van der Waals surface area contributed by atoms with Crippen LogP contribution in [0.25, 0.3) is 0 Å². The van der Waals surface area contributed by atoms with E-state index in [0.29, 0.717) is 17.2 Å². The molecule has 4 unspecified atom stereocenters. The Morgan fingerprint density at radius 2 is 2.15 bits per heavy atom. The summed E-state index contributed by atoms with van der Waals surface area (Å²) < 4.78 is 12.1. The number of hydrogen-bond acceptors (Lipinski definition) is 2. The average molecular weight is 491 g/mol. The first-order valence-corrected chi connectivity index (χ1v) is 10.8. The molecule has 1 aliphatic rings. The van der Waals surface area contributed by atoms with Crippen molar-refractivity contribution in [2.45, 2.75) is 63.7 Å². The van der Waals surface area contributed by atoms with E-state index >= 15 is 0 Å². The second kappa shape index (κ2) is 12.0. The number of benzene rings is 1. The Morgan fingerprint density at radius 3 is 2.81 bits per heavy atom. The lowest BCUT2D eigenvalue weighted by Crippen LogP contribution is -2.47. The van der Waals surface area contributed by atoms with Crippen LogP contribution in [0.4, 0.5) is 0 Å². The summed E-state index contributed by atoms with van der Waals surface area (Å²) in [6, 6.07) is 9.04. The third kappa shape index (κ3) is 7.18. The second-order valence-electron chi connectivity index (χ2n) is 7.07. The fraction of sp³-hybridized carbons (Fsp3) is 0.650. The third-order valence-electron chi connectivity index (χ3n) is 5.03. The lowest BCUT2D eigenvalue weighted by molar-refractivity contribution is 0.413. The van der Waals surface area contributed by atoms with E-state index in [-0.39, 0.29) is 24.0 Å². The van der Waals surface area contributed by atoms with Crippen molar-refractivity contribution in [3.8, 4) is 0 Å². The van der Waals surface area contributed by atoms with Gasteiger partial charge in [0.15, 0.2) is 5.96 Å². The van der Waals surface area contributed by atoms with Gasteiger partial charge in [0, 0.05) is 41.4 Å². The SMILES string of the molecule is CCS(=O)C1CCCC(NC(=NC)NCC(C)c2cccc(C)c2)C1.I. The molecule has 1 aromatic carbocycles. The van der Waals surface area contributed by atoms with Gasteiger partial charge in [0.1, 0.15) is 0 Å². The summed E-state index contributed by atoms with van der Waals surface area (Å²) in [5.74, 6) is 2.04. The van der Waals surface area contributed by atoms with Crippen molar-refractivity contribution in [2.75, 3.05) is 19.3 Å². The number of nitrogens with one attached hydrogen (secondary N) is 2. The van der Waals surface area contributed by atoms with E-state index in [9.17, 15) is 4.21 Å². The molecule has 1 saturated carbocycles. The smallest absolute Gasteiger partial charge is 0.191 e. The normalized spacial score (nSPS) is 22.8. The first kappa shape index (κ1) is 23.4. The molecule has 1 aliphatic carbocycles. The minimum atomic E-state index is -0.689. The van der Waals surface area contributed by atoms with Gasteiger partial charge in [-0.2, -0.15) is 0 Å². The topological polar surface area (TPSA) is 53.5 Å². The highest BCUT2D eigenvalue weighted by Crippen LogP contribution is 2.23. The van der Waals surface area contributed by atoms with Crippen LogP contribution in [0.3, 0.4) is 0 Å². The molecule has 2 rings (SSSR count). The Hall–Kier alpha value is -0.630. The van der Waals surface area contributed by atoms with Gasteiger partial charge in [0.05, 0.1) is 0 Å². The molecule has 1 fully saturated rings. The standard InChI is InChI=1S/C20H33N3OS.HI/c1-5-25(24)19-11-7-10-18(13-19)23-20(21-4)22-14-16(3)17-9-6-8-15(2)12-17;/h6,8-9,12,16,18-19H,5,7,10-11,13-14H2,1-4H3,(H2,21,22,23);1H. The summed E-state index contributed by atoms with van der Waals surface area (Å²) in [6.45, 7) is 7.22. The quantitative estimate of drug-likeness (QED) is 0.360. The number of aliphatic imine (C=N–C) groups is 1. The molecule has 148 valence electrons. The van der Waals surface area contributed by atoms with Gasteiger partial charge >= 0.3 is 0 Å². The van der Waals surface area contributed by atoms with Gasteiger partial charge in [-0.1, -0.05) is 50.1 Å². The fourth-order valence-electron chi connectivity index (χ4n) is 3.48. The largest absolute Gasteiger partial charge is 0.356 e. The maximum atomic E-state index is 12.1. The van der Waals surface area contributed by atoms with Crippen molar-refractivity contribution in [3.05, 3.63) is 35.4 Å². The monoisotopic (exact) mass is 491 g/mol. The van der Waals surface area contributed by atoms with E-state index in [1.807, 2.05) is 14.0 Å². The van der Waals surface area contributed by atoms with Gasteiger partial charge in [-0.25, -0.2) is 0 Å². The summed E-state index contributed by atoms with van der Waals surface area (Å²) >= 11 is 0. The first-order valence-electron chi connectivity index (χ1n) is 9.44. The van der Waals surface area contributed by atoms with Gasteiger partial charge in [0.2, 0.25) is 0 Å². The van der Waals surface area contributed by atoms with E-state index in [1.165, 1.54) is 11.1 Å². The van der Waals surface area contributed by atoms with Crippen LogP contribution < -0.4 is 10.6 Å². The van der Waals surface area contributed by atoms with Crippen LogP contribution in [0.15, 0.2) is 29.3 Å². The summed E-state index contributed by atoms with van der Waals surface area (Å²) in [5.41, 5.74) is 2.64. The molecule has 0 aliphatic heterocycles. The fourth-order valence-corrected chi connectivity index (χ4v) is 4.83. The van der Waals surface area contributed by atoms with Crippen molar-refractivity contribution in [2.24, 2.45) is 4.99 Å². The van der Waals surface area contributed by atoms with Gasteiger partial charge < -0.3 is 10.6 Å². The average Bonchev–Trinajstić information content (AvgIpc) is 2.64. The van der Waals surface area contributed by atoms with Crippen LogP contribution in [0.5, 0.6) is 0 Å². The summed E-state index contributed by atoms with van der Waals surface area (Å²) in [4.78, 5) is 4.37. The molecular formula is C20H34IN3OS. The van der Waals surface area contributed by atoms with E-state index in [2.05, 4.69) is 53.7 Å². The number of aryl methyl sites for hydroxylation is 1. The second-order valence-corrected chi connectivity index (χ2v) is 9.07. The molecule has 0 heterocycles. The molecule has 4 nitrogen and oxygen atoms in total. The minimum Gasteiger partial charge on any atom is -0.356 e. The molecule has 0 amide bonds. The number of guanidine groups is 1. The molecular weight excluding hydrogens is 457 g/mol. The highest BCUT2D eigenvalue weighted by molar-refractivity contribution is 14.0. The summed E-state index contributed by atoms with van der Waals surface area (Å²) in [7, 11) is 1.13. The zero-order valence-electron chi connectivity index (χ0n) is 16.5. The maximum Gasteiger partial charge on any atom is 0.191 e. The molecule has 1 aromatic rings. The highest BCUT2D eigenvalue weighted by Gasteiger charge is 2.26. The minimum absolute atomic E-state index is 0. The highest BCUT2D eigenvalue weighted by atomic mass is 127. The van der Waals surface area contributed by atoms with E-state index in [1.54, 1.807) is 0 Å². The third-order valence-corrected chi connectivity index (χ3v) is 6.77. The Balaban J connectivity index is 0.00000338. The van der Waals surface area contributed by atoms with Crippen LogP contribution in [0.2, 0.25) is 0 Å². The molecule has 0 radical (unpaired) electrons. The van der Waals surface area contributed by atoms with Gasteiger partial charge in [0.25, 0.3) is 0 Å². The molecule has 0 aromatic heterocycles. The van der Waals surface area contributed by atoms with E-state index in [0.717, 1.165) is 43.9 Å². The Bertz CT molecular complexity index is 608. The molecule has 0 saturated heterocycles. The van der Waals surface area contributed by atoms with Crippen LogP contribution >= 0.6 is 24.0 Å². The summed E-state index contributed by atoms with van der Waals surface area (Å²) in [6.07, 6.45) is 4.35. The number of rotatable bonds is 6. The zero-order valence-corrected chi connectivity index (χ0v) is 19.6. The lowest BCUT2D eigenvalue weighted by atomic mass is 9.95. The van der Waals surface area contributed by atoms with Crippen molar-refractivity contribution in [3.63, 3.8) is 0 Å². The molecule has 4 atom stereocenters. The Morgan fingerprint density at radius 1 is 1.38 bits per heavy atom. The van der Waals surface area contributed by atoms with Crippen LogP contribution in [-0.4, -0.2) is 40.8 Å². The van der Waals surface area contributed by atoms with E-state index < -0.39 is 10.8 Å². The van der Waals surface area contributed by atoms with Crippen LogP contribution in [0, 0.1) is 6.92 Å². The predicted octanol–water partition coefficient (Wildman–Crippen LogP) is 3.96. The maximum absolute atomic E-state index is 12.1. The predicted molar refractivity (Wildman–Crippen MR) is 124 cm³/mol. The number of hydrogen-bond donors (Lipinski definition) is 2. The molecule has 0 spiro atoms.